The van der Waals surface area contributed by atoms with E-state index >= 15 is 0 Å². The molecule has 0 aliphatic carbocycles. The molecule has 1 fully saturated rings. The van der Waals surface area contributed by atoms with Gasteiger partial charge in [-0.05, 0) is 78.6 Å². The van der Waals surface area contributed by atoms with Crippen LogP contribution in [-0.4, -0.2) is 64.0 Å². The van der Waals surface area contributed by atoms with E-state index in [0.717, 1.165) is 48.1 Å². The minimum atomic E-state index is -3.78. The maximum atomic E-state index is 13.0. The molecule has 13 heteroatoms. The summed E-state index contributed by atoms with van der Waals surface area (Å²) in [5.74, 6) is -0.216. The van der Waals surface area contributed by atoms with E-state index in [1.54, 1.807) is 47.4 Å². The Bertz CT molecular complexity index is 2010. The van der Waals surface area contributed by atoms with Gasteiger partial charge in [0.05, 0.1) is 37.9 Å². The van der Waals surface area contributed by atoms with Crippen molar-refractivity contribution in [3.8, 4) is 5.75 Å². The van der Waals surface area contributed by atoms with Gasteiger partial charge >= 0.3 is 6.09 Å². The number of nitrogens with one attached hydrogen (secondary N) is 2. The molecule has 0 aromatic heterocycles. The van der Waals surface area contributed by atoms with Gasteiger partial charge in [-0.3, -0.25) is 9.52 Å². The number of carbonyl (C=O) groups excluding carboxylic acids is 2. The van der Waals surface area contributed by atoms with Crippen LogP contribution in [0.15, 0.2) is 102 Å². The van der Waals surface area contributed by atoms with Crippen LogP contribution in [0.5, 0.6) is 5.75 Å². The van der Waals surface area contributed by atoms with Crippen molar-refractivity contribution in [2.75, 3.05) is 42.9 Å². The lowest BCUT2D eigenvalue weighted by Crippen LogP contribution is -2.35. The number of amides is 2. The Morgan fingerprint density at radius 3 is 2.48 bits per heavy atom. The predicted molar refractivity (Wildman–Crippen MR) is 204 cm³/mol. The van der Waals surface area contributed by atoms with Crippen LogP contribution in [0, 0.1) is 0 Å². The lowest BCUT2D eigenvalue weighted by Gasteiger charge is -2.32. The van der Waals surface area contributed by atoms with E-state index in [-0.39, 0.29) is 28.7 Å². The zero-order chi connectivity index (χ0) is 38.0. The second-order valence-electron chi connectivity index (χ2n) is 13.7. The minimum Gasteiger partial charge on any atom is -0.463 e. The average Bonchev–Trinajstić information content (AvgIpc) is 3.53. The van der Waals surface area contributed by atoms with E-state index in [1.807, 2.05) is 50.2 Å². The number of benzene rings is 4. The van der Waals surface area contributed by atoms with E-state index < -0.39 is 15.8 Å². The molecule has 54 heavy (non-hydrogen) atoms. The van der Waals surface area contributed by atoms with E-state index in [2.05, 4.69) is 10.0 Å². The fraction of sp³-hybridized carbons (Fsp3) is 0.366. The molecule has 0 saturated carbocycles. The Balaban J connectivity index is 0.821. The lowest BCUT2D eigenvalue weighted by atomic mass is 10.0. The molecule has 2 aliphatic heterocycles. The molecule has 2 amide bonds. The SMILES string of the molecule is CC1(C)OCc2cc(C3CN(CCCCCCOCCOCc4cccc(NC(=O)c5cccc(NS(=O)(=O)c6ccccc6)c5)c4)C(=O)O3)ccc2O1. The standard InChI is InChI=1S/C41H47N3O9S/c1-41(2)51-29-33-25-31(18-19-37(33)53-41)38-27-44(40(46)52-38)20-8-3-4-9-21-49-22-23-50-28-30-12-10-14-34(24-30)42-39(45)32-13-11-15-35(26-32)43-54(47,48)36-16-6-5-7-17-36/h5-7,10-19,24-26,38,43H,3-4,8-9,20-23,27-29H2,1-2H3,(H,42,45). The molecule has 2 heterocycles. The van der Waals surface area contributed by atoms with Crippen LogP contribution in [0.3, 0.4) is 0 Å². The molecule has 6 rings (SSSR count). The summed E-state index contributed by atoms with van der Waals surface area (Å²) >= 11 is 0. The van der Waals surface area contributed by atoms with Gasteiger partial charge in [-0.2, -0.15) is 0 Å². The van der Waals surface area contributed by atoms with Gasteiger partial charge in [0.2, 0.25) is 5.79 Å². The third kappa shape index (κ3) is 10.8. The highest BCUT2D eigenvalue weighted by Gasteiger charge is 2.33. The second kappa shape index (κ2) is 17.9. The third-order valence-electron chi connectivity index (χ3n) is 9.00. The van der Waals surface area contributed by atoms with Gasteiger partial charge in [-0.25, -0.2) is 13.2 Å². The van der Waals surface area contributed by atoms with Gasteiger partial charge in [0, 0.05) is 49.5 Å². The third-order valence-corrected chi connectivity index (χ3v) is 10.4. The monoisotopic (exact) mass is 757 g/mol. The van der Waals surface area contributed by atoms with Crippen molar-refractivity contribution in [1.82, 2.24) is 4.90 Å². The number of carbonyl (C=O) groups is 2. The second-order valence-corrected chi connectivity index (χ2v) is 15.4. The molecular formula is C41H47N3O9S. The van der Waals surface area contributed by atoms with Crippen molar-refractivity contribution in [2.45, 2.75) is 69.5 Å². The highest BCUT2D eigenvalue weighted by Crippen LogP contribution is 2.35. The van der Waals surface area contributed by atoms with Gasteiger partial charge < -0.3 is 33.9 Å². The molecule has 4 aromatic carbocycles. The Labute approximate surface area is 316 Å². The number of ether oxygens (including phenoxy) is 5. The largest absolute Gasteiger partial charge is 0.463 e. The summed E-state index contributed by atoms with van der Waals surface area (Å²) in [4.78, 5) is 27.4. The summed E-state index contributed by atoms with van der Waals surface area (Å²) in [5, 5.41) is 2.87. The molecule has 12 nitrogen and oxygen atoms in total. The molecule has 1 atom stereocenters. The Morgan fingerprint density at radius 2 is 1.63 bits per heavy atom. The number of fused-ring (bicyclic) bond motifs is 1. The smallest absolute Gasteiger partial charge is 0.410 e. The maximum Gasteiger partial charge on any atom is 0.410 e. The molecule has 1 saturated heterocycles. The zero-order valence-electron chi connectivity index (χ0n) is 30.6. The number of anilines is 2. The first-order valence-corrected chi connectivity index (χ1v) is 19.7. The summed E-state index contributed by atoms with van der Waals surface area (Å²) in [7, 11) is -3.78. The fourth-order valence-electron chi connectivity index (χ4n) is 6.17. The summed E-state index contributed by atoms with van der Waals surface area (Å²) in [6, 6.07) is 27.6. The van der Waals surface area contributed by atoms with Crippen LogP contribution in [-0.2, 0) is 42.2 Å². The van der Waals surface area contributed by atoms with Crippen LogP contribution in [0.25, 0.3) is 0 Å². The topological polar surface area (TPSA) is 142 Å². The van der Waals surface area contributed by atoms with Gasteiger partial charge in [-0.1, -0.05) is 55.3 Å². The first-order valence-electron chi connectivity index (χ1n) is 18.2. The zero-order valence-corrected chi connectivity index (χ0v) is 31.4. The normalized spacial score (nSPS) is 16.3. The molecule has 4 aromatic rings. The van der Waals surface area contributed by atoms with Gasteiger partial charge in [-0.15, -0.1) is 0 Å². The van der Waals surface area contributed by atoms with Crippen LogP contribution in [0.4, 0.5) is 16.2 Å². The van der Waals surface area contributed by atoms with Crippen molar-refractivity contribution < 1.29 is 41.7 Å². The van der Waals surface area contributed by atoms with E-state index in [1.165, 1.54) is 18.2 Å². The maximum absolute atomic E-state index is 13.0. The van der Waals surface area contributed by atoms with Crippen LogP contribution < -0.4 is 14.8 Å². The quantitative estimate of drug-likeness (QED) is 0.0979. The Morgan fingerprint density at radius 1 is 0.852 bits per heavy atom. The van der Waals surface area contributed by atoms with Crippen LogP contribution >= 0.6 is 0 Å². The number of hydrogen-bond donors (Lipinski definition) is 2. The van der Waals surface area contributed by atoms with E-state index in [4.69, 9.17) is 23.7 Å². The fourth-order valence-corrected chi connectivity index (χ4v) is 7.24. The first-order chi connectivity index (χ1) is 26.0. The number of sulfonamides is 1. The van der Waals surface area contributed by atoms with Crippen molar-refractivity contribution >= 4 is 33.4 Å². The van der Waals surface area contributed by atoms with Crippen molar-refractivity contribution in [2.24, 2.45) is 0 Å². The summed E-state index contributed by atoms with van der Waals surface area (Å²) < 4.78 is 56.7. The average molecular weight is 758 g/mol. The van der Waals surface area contributed by atoms with E-state index in [9.17, 15) is 18.0 Å². The number of cyclic esters (lactones) is 1. The predicted octanol–water partition coefficient (Wildman–Crippen LogP) is 7.67. The lowest BCUT2D eigenvalue weighted by molar-refractivity contribution is -0.180. The van der Waals surface area contributed by atoms with Gasteiger partial charge in [0.25, 0.3) is 15.9 Å². The summed E-state index contributed by atoms with van der Waals surface area (Å²) in [6.07, 6.45) is 3.23. The molecule has 0 spiro atoms. The van der Waals surface area contributed by atoms with Gasteiger partial charge in [0.15, 0.2) is 0 Å². The Kier molecular flexibility index (Phi) is 12.9. The van der Waals surface area contributed by atoms with E-state index in [0.29, 0.717) is 57.4 Å². The van der Waals surface area contributed by atoms with Crippen LogP contribution in [0.2, 0.25) is 0 Å². The molecule has 0 radical (unpaired) electrons. The molecule has 0 bridgehead atoms. The number of nitrogens with zero attached hydrogens (tertiary/aromatic N) is 1. The van der Waals surface area contributed by atoms with Crippen molar-refractivity contribution in [3.63, 3.8) is 0 Å². The number of hydrogen-bond acceptors (Lipinski definition) is 9. The molecular weight excluding hydrogens is 711 g/mol. The molecule has 1 unspecified atom stereocenters. The summed E-state index contributed by atoms with van der Waals surface area (Å²) in [6.45, 7) is 7.32. The molecule has 2 aliphatic rings. The minimum absolute atomic E-state index is 0.135. The van der Waals surface area contributed by atoms with Crippen LogP contribution in [0.1, 0.15) is 72.7 Å². The first kappa shape index (κ1) is 38.8. The van der Waals surface area contributed by atoms with Gasteiger partial charge in [0.1, 0.15) is 11.9 Å². The molecule has 286 valence electrons. The van der Waals surface area contributed by atoms with Crippen molar-refractivity contribution in [3.05, 3.63) is 119 Å². The summed E-state index contributed by atoms with van der Waals surface area (Å²) in [5.41, 5.74) is 3.99. The number of rotatable bonds is 18. The number of unbranched alkanes of at least 4 members (excludes halogenated alkanes) is 3. The highest BCUT2D eigenvalue weighted by atomic mass is 32.2. The Hall–Kier alpha value is -4.95. The van der Waals surface area contributed by atoms with Crippen molar-refractivity contribution in [1.29, 1.82) is 0 Å². The highest BCUT2D eigenvalue weighted by molar-refractivity contribution is 7.92. The molecule has 2 N–H and O–H groups in total.